The van der Waals surface area contributed by atoms with Gasteiger partial charge in [-0.25, -0.2) is 0 Å². The van der Waals surface area contributed by atoms with Crippen molar-refractivity contribution in [3.05, 3.63) is 17.0 Å². The van der Waals surface area contributed by atoms with Crippen molar-refractivity contribution in [2.45, 2.75) is 85.2 Å². The third kappa shape index (κ3) is 4.00. The number of amides is 1. The van der Waals surface area contributed by atoms with E-state index in [-0.39, 0.29) is 11.4 Å². The highest BCUT2D eigenvalue weighted by Gasteiger charge is 2.44. The van der Waals surface area contributed by atoms with E-state index in [1.54, 1.807) is 0 Å². The summed E-state index contributed by atoms with van der Waals surface area (Å²) in [6.07, 6.45) is 3.99. The van der Waals surface area contributed by atoms with Crippen LogP contribution in [0.15, 0.2) is 4.52 Å². The molecule has 0 saturated carbocycles. The molecular weight excluding hydrogens is 302 g/mol. The highest BCUT2D eigenvalue weighted by Crippen LogP contribution is 2.31. The molecule has 1 aromatic rings. The number of unbranched alkanes of at least 4 members (excludes halogenated alkanes) is 1. The first-order valence-electron chi connectivity index (χ1n) is 9.13. The zero-order valence-corrected chi connectivity index (χ0v) is 16.7. The molecule has 1 unspecified atom stereocenters. The number of hydrogen-bond donors (Lipinski definition) is 1. The van der Waals surface area contributed by atoms with Gasteiger partial charge in [0, 0.05) is 17.5 Å². The summed E-state index contributed by atoms with van der Waals surface area (Å²) >= 11 is 0. The number of likely N-dealkylation sites (N-methyl/N-ethyl adjacent to an activating group) is 1. The van der Waals surface area contributed by atoms with Gasteiger partial charge in [0.15, 0.2) is 5.69 Å². The summed E-state index contributed by atoms with van der Waals surface area (Å²) < 4.78 is 5.27. The molecule has 1 amide bonds. The zero-order valence-electron chi connectivity index (χ0n) is 16.7. The highest BCUT2D eigenvalue weighted by molar-refractivity contribution is 5.94. The minimum atomic E-state index is -0.404. The van der Waals surface area contributed by atoms with E-state index in [2.05, 4.69) is 57.0 Å². The fraction of sp³-hybridized carbons (Fsp3) is 0.789. The number of nitrogens with one attached hydrogen (secondary N) is 1. The van der Waals surface area contributed by atoms with Gasteiger partial charge in [0.1, 0.15) is 5.76 Å². The Morgan fingerprint density at radius 2 is 1.88 bits per heavy atom. The summed E-state index contributed by atoms with van der Waals surface area (Å²) in [7, 11) is 2.14. The first-order chi connectivity index (χ1) is 11.1. The van der Waals surface area contributed by atoms with Crippen LogP contribution in [-0.2, 0) is 6.42 Å². The maximum atomic E-state index is 12.8. The lowest BCUT2D eigenvalue weighted by Crippen LogP contribution is -2.66. The number of nitrogens with zero attached hydrogens (tertiary/aromatic N) is 2. The van der Waals surface area contributed by atoms with E-state index in [0.29, 0.717) is 5.69 Å². The molecule has 0 aliphatic heterocycles. The van der Waals surface area contributed by atoms with E-state index in [1.165, 1.54) is 0 Å². The molecule has 1 aromatic heterocycles. The Hall–Kier alpha value is -1.36. The molecule has 0 spiro atoms. The minimum absolute atomic E-state index is 0.150. The van der Waals surface area contributed by atoms with Gasteiger partial charge in [-0.2, -0.15) is 0 Å². The van der Waals surface area contributed by atoms with Gasteiger partial charge in [-0.1, -0.05) is 32.3 Å². The van der Waals surface area contributed by atoms with Crippen LogP contribution in [0.5, 0.6) is 0 Å². The van der Waals surface area contributed by atoms with Crippen LogP contribution in [0.25, 0.3) is 0 Å². The van der Waals surface area contributed by atoms with Gasteiger partial charge in [0.05, 0.1) is 5.54 Å². The average molecular weight is 338 g/mol. The van der Waals surface area contributed by atoms with E-state index < -0.39 is 5.54 Å². The first-order valence-corrected chi connectivity index (χ1v) is 9.13. The Balaban J connectivity index is 2.99. The molecule has 0 aliphatic carbocycles. The minimum Gasteiger partial charge on any atom is -0.360 e. The van der Waals surface area contributed by atoms with Crippen molar-refractivity contribution in [2.24, 2.45) is 0 Å². The maximum Gasteiger partial charge on any atom is 0.274 e. The van der Waals surface area contributed by atoms with Gasteiger partial charge >= 0.3 is 0 Å². The Morgan fingerprint density at radius 1 is 1.25 bits per heavy atom. The first kappa shape index (κ1) is 20.7. The van der Waals surface area contributed by atoms with E-state index in [0.717, 1.165) is 43.6 Å². The molecule has 0 bridgehead atoms. The summed E-state index contributed by atoms with van der Waals surface area (Å²) in [4.78, 5) is 15.1. The lowest BCUT2D eigenvalue weighted by atomic mass is 9.77. The molecule has 5 nitrogen and oxygen atoms in total. The molecule has 24 heavy (non-hydrogen) atoms. The van der Waals surface area contributed by atoms with Crippen LogP contribution in [0.3, 0.4) is 0 Å². The SMILES string of the molecule is CCCCN(C)C(C)(CC)C(C)(C)NC(=O)c1noc(CC)c1C. The monoisotopic (exact) mass is 337 g/mol. The molecule has 0 fully saturated rings. The third-order valence-corrected chi connectivity index (χ3v) is 5.71. The molecule has 138 valence electrons. The van der Waals surface area contributed by atoms with Crippen LogP contribution in [0.1, 0.15) is 82.6 Å². The van der Waals surface area contributed by atoms with Gasteiger partial charge in [0.25, 0.3) is 5.91 Å². The molecule has 0 aromatic carbocycles. The van der Waals surface area contributed by atoms with E-state index in [9.17, 15) is 4.79 Å². The topological polar surface area (TPSA) is 58.4 Å². The van der Waals surface area contributed by atoms with Crippen LogP contribution in [0.4, 0.5) is 0 Å². The molecule has 1 N–H and O–H groups in total. The number of aromatic nitrogens is 1. The number of carbonyl (C=O) groups excluding carboxylic acids is 1. The highest BCUT2D eigenvalue weighted by atomic mass is 16.5. The van der Waals surface area contributed by atoms with Gasteiger partial charge in [-0.15, -0.1) is 0 Å². The number of hydrogen-bond acceptors (Lipinski definition) is 4. The quantitative estimate of drug-likeness (QED) is 0.741. The van der Waals surface area contributed by atoms with Crippen molar-refractivity contribution >= 4 is 5.91 Å². The summed E-state index contributed by atoms with van der Waals surface area (Å²) in [6.45, 7) is 15.7. The van der Waals surface area contributed by atoms with Gasteiger partial charge in [-0.3, -0.25) is 9.69 Å². The van der Waals surface area contributed by atoms with Crippen molar-refractivity contribution in [2.75, 3.05) is 13.6 Å². The maximum absolute atomic E-state index is 12.8. The predicted octanol–water partition coefficient (Wildman–Crippen LogP) is 3.95. The number of carbonyl (C=O) groups is 1. The molecule has 5 heteroatoms. The molecule has 0 saturated heterocycles. The van der Waals surface area contributed by atoms with Gasteiger partial charge in [-0.05, 0) is 54.1 Å². The largest absolute Gasteiger partial charge is 0.360 e. The summed E-state index contributed by atoms with van der Waals surface area (Å²) in [6, 6.07) is 0. The Kier molecular flexibility index (Phi) is 7.02. The van der Waals surface area contributed by atoms with Crippen molar-refractivity contribution < 1.29 is 9.32 Å². The fourth-order valence-corrected chi connectivity index (χ4v) is 3.22. The van der Waals surface area contributed by atoms with Crippen molar-refractivity contribution in [3.8, 4) is 0 Å². The normalized spacial score (nSPS) is 14.7. The second-order valence-corrected chi connectivity index (χ2v) is 7.41. The lowest BCUT2D eigenvalue weighted by molar-refractivity contribution is 0.0367. The van der Waals surface area contributed by atoms with E-state index in [1.807, 2.05) is 13.8 Å². The number of rotatable bonds is 9. The lowest BCUT2D eigenvalue weighted by Gasteiger charge is -2.50. The standard InChI is InChI=1S/C19H35N3O2/c1-9-12-13-22(8)19(7,11-3)18(5,6)20-17(23)16-14(4)15(10-2)24-21-16/h9-13H2,1-8H3,(H,20,23). The van der Waals surface area contributed by atoms with Crippen LogP contribution in [0.2, 0.25) is 0 Å². The predicted molar refractivity (Wildman–Crippen MR) is 98.4 cm³/mol. The molecular formula is C19H35N3O2. The summed E-state index contributed by atoms with van der Waals surface area (Å²) in [5.74, 6) is 0.612. The van der Waals surface area contributed by atoms with Crippen LogP contribution >= 0.6 is 0 Å². The van der Waals surface area contributed by atoms with Crippen LogP contribution in [-0.4, -0.2) is 40.6 Å². The average Bonchev–Trinajstić information content (AvgIpc) is 2.91. The fourth-order valence-electron chi connectivity index (χ4n) is 3.22. The molecule has 1 rings (SSSR count). The Morgan fingerprint density at radius 3 is 2.33 bits per heavy atom. The van der Waals surface area contributed by atoms with Crippen molar-refractivity contribution in [3.63, 3.8) is 0 Å². The second kappa shape index (κ2) is 8.15. The molecule has 0 aliphatic rings. The van der Waals surface area contributed by atoms with Crippen LogP contribution < -0.4 is 5.32 Å². The molecule has 1 atom stereocenters. The van der Waals surface area contributed by atoms with Gasteiger partial charge in [0.2, 0.25) is 0 Å². The van der Waals surface area contributed by atoms with E-state index in [4.69, 9.17) is 4.52 Å². The zero-order chi connectivity index (χ0) is 18.5. The summed E-state index contributed by atoms with van der Waals surface area (Å²) in [5.41, 5.74) is 0.681. The molecule has 0 radical (unpaired) electrons. The Labute approximate surface area is 147 Å². The van der Waals surface area contributed by atoms with Crippen molar-refractivity contribution in [1.29, 1.82) is 0 Å². The Bertz CT molecular complexity index is 551. The van der Waals surface area contributed by atoms with Crippen LogP contribution in [0, 0.1) is 6.92 Å². The number of aryl methyl sites for hydroxylation is 1. The van der Waals surface area contributed by atoms with Gasteiger partial charge < -0.3 is 9.84 Å². The smallest absolute Gasteiger partial charge is 0.274 e. The van der Waals surface area contributed by atoms with Crippen molar-refractivity contribution in [1.82, 2.24) is 15.4 Å². The third-order valence-electron chi connectivity index (χ3n) is 5.71. The molecule has 1 heterocycles. The second-order valence-electron chi connectivity index (χ2n) is 7.41. The summed E-state index contributed by atoms with van der Waals surface area (Å²) in [5, 5.41) is 7.17. The van der Waals surface area contributed by atoms with E-state index >= 15 is 0 Å².